The Hall–Kier alpha value is -2.24. The van der Waals surface area contributed by atoms with E-state index >= 15 is 0 Å². The van der Waals surface area contributed by atoms with Crippen LogP contribution in [0.5, 0.6) is 0 Å². The lowest BCUT2D eigenvalue weighted by Crippen LogP contribution is -2.43. The number of anilines is 1. The molecular weight excluding hydrogens is 338 g/mol. The monoisotopic (exact) mass is 367 g/mol. The number of aromatic nitrogens is 1. The lowest BCUT2D eigenvalue weighted by Gasteiger charge is -2.37. The fourth-order valence-corrected chi connectivity index (χ4v) is 3.63. The van der Waals surface area contributed by atoms with Gasteiger partial charge in [0.15, 0.2) is 5.82 Å². The van der Waals surface area contributed by atoms with Crippen molar-refractivity contribution in [3.05, 3.63) is 60.3 Å². The molecule has 1 amide bonds. The molecule has 144 valence electrons. The summed E-state index contributed by atoms with van der Waals surface area (Å²) in [5.41, 5.74) is 1.39. The van der Waals surface area contributed by atoms with E-state index in [-0.39, 0.29) is 5.91 Å². The van der Waals surface area contributed by atoms with Crippen LogP contribution in [0.25, 0.3) is 0 Å². The third-order valence-corrected chi connectivity index (χ3v) is 5.29. The highest BCUT2D eigenvalue weighted by molar-refractivity contribution is 5.88. The molecule has 0 radical (unpaired) electrons. The average molecular weight is 367 g/mol. The van der Waals surface area contributed by atoms with Crippen molar-refractivity contribution in [1.29, 1.82) is 0 Å². The topological polar surface area (TPSA) is 45.7 Å². The number of likely N-dealkylation sites (tertiary alicyclic amines) is 1. The van der Waals surface area contributed by atoms with E-state index in [4.69, 9.17) is 4.84 Å². The second-order valence-electron chi connectivity index (χ2n) is 7.36. The Kier molecular flexibility index (Phi) is 6.96. The van der Waals surface area contributed by atoms with Crippen molar-refractivity contribution < 1.29 is 9.63 Å². The summed E-state index contributed by atoms with van der Waals surface area (Å²) in [6.07, 6.45) is 3.85. The molecule has 1 fully saturated rings. The van der Waals surface area contributed by atoms with Crippen molar-refractivity contribution >= 4 is 11.7 Å². The quantitative estimate of drug-likeness (QED) is 0.702. The van der Waals surface area contributed by atoms with Crippen molar-refractivity contribution in [1.82, 2.24) is 9.88 Å². The van der Waals surface area contributed by atoms with Crippen LogP contribution in [0.3, 0.4) is 0 Å². The number of hydroxylamine groups is 1. The van der Waals surface area contributed by atoms with Crippen molar-refractivity contribution in [2.45, 2.75) is 26.7 Å². The molecule has 3 rings (SSSR count). The third-order valence-electron chi connectivity index (χ3n) is 5.29. The minimum atomic E-state index is -0.151. The van der Waals surface area contributed by atoms with Gasteiger partial charge >= 0.3 is 0 Å². The molecule has 0 N–H and O–H groups in total. The number of piperidine rings is 1. The van der Waals surface area contributed by atoms with Gasteiger partial charge in [-0.3, -0.25) is 9.63 Å². The second-order valence-corrected chi connectivity index (χ2v) is 7.36. The van der Waals surface area contributed by atoms with Gasteiger partial charge in [0.2, 0.25) is 5.91 Å². The largest absolute Gasteiger partial charge is 0.303 e. The van der Waals surface area contributed by atoms with E-state index in [1.165, 1.54) is 17.6 Å². The van der Waals surface area contributed by atoms with Crippen molar-refractivity contribution in [3.8, 4) is 0 Å². The van der Waals surface area contributed by atoms with Crippen LogP contribution in [0.2, 0.25) is 0 Å². The van der Waals surface area contributed by atoms with Gasteiger partial charge in [0.25, 0.3) is 0 Å². The standard InChI is InChI=1S/C22H29N3O2/c1-18-16-24(14-11-20-8-4-3-5-9-20)15-12-21(18)17-27-25(19(2)26)22-10-6-7-13-23-22/h3-10,13,18,21H,11-12,14-17H2,1-2H3. The molecule has 2 heterocycles. The summed E-state index contributed by atoms with van der Waals surface area (Å²) in [5.74, 6) is 1.37. The predicted octanol–water partition coefficient (Wildman–Crippen LogP) is 3.57. The molecule has 1 aliphatic heterocycles. The molecule has 1 saturated heterocycles. The van der Waals surface area contributed by atoms with E-state index in [1.54, 1.807) is 12.3 Å². The normalized spacial score (nSPS) is 20.4. The van der Waals surface area contributed by atoms with E-state index in [9.17, 15) is 4.79 Å². The number of carbonyl (C=O) groups excluding carboxylic acids is 1. The van der Waals surface area contributed by atoms with Gasteiger partial charge in [-0.2, -0.15) is 5.06 Å². The number of benzene rings is 1. The molecule has 1 aromatic heterocycles. The molecule has 5 heteroatoms. The second kappa shape index (κ2) is 9.62. The van der Waals surface area contributed by atoms with Crippen LogP contribution in [0.4, 0.5) is 5.82 Å². The molecule has 0 aliphatic carbocycles. The first kappa shape index (κ1) is 19.5. The Morgan fingerprint density at radius 3 is 2.67 bits per heavy atom. The van der Waals surface area contributed by atoms with Crippen LogP contribution < -0.4 is 5.06 Å². The highest BCUT2D eigenvalue weighted by atomic mass is 16.7. The number of hydrogen-bond donors (Lipinski definition) is 0. The summed E-state index contributed by atoms with van der Waals surface area (Å²) in [5, 5.41) is 1.31. The average Bonchev–Trinajstić information content (AvgIpc) is 2.69. The SMILES string of the molecule is CC(=O)N(OCC1CCN(CCc2ccccc2)CC1C)c1ccccn1. The van der Waals surface area contributed by atoms with Crippen LogP contribution in [-0.4, -0.2) is 42.0 Å². The van der Waals surface area contributed by atoms with Gasteiger partial charge in [0, 0.05) is 26.2 Å². The van der Waals surface area contributed by atoms with E-state index in [0.717, 1.165) is 32.5 Å². The van der Waals surface area contributed by atoms with E-state index in [0.29, 0.717) is 24.3 Å². The molecular formula is C22H29N3O2. The molecule has 27 heavy (non-hydrogen) atoms. The minimum Gasteiger partial charge on any atom is -0.303 e. The number of carbonyl (C=O) groups is 1. The maximum atomic E-state index is 11.9. The molecule has 1 aliphatic rings. The zero-order chi connectivity index (χ0) is 19.1. The summed E-state index contributed by atoms with van der Waals surface area (Å²) in [6.45, 7) is 7.57. The summed E-state index contributed by atoms with van der Waals surface area (Å²) in [4.78, 5) is 24.5. The summed E-state index contributed by atoms with van der Waals surface area (Å²) in [7, 11) is 0. The van der Waals surface area contributed by atoms with Gasteiger partial charge in [-0.15, -0.1) is 0 Å². The summed E-state index contributed by atoms with van der Waals surface area (Å²) < 4.78 is 0. The van der Waals surface area contributed by atoms with E-state index in [1.807, 2.05) is 12.1 Å². The van der Waals surface area contributed by atoms with E-state index < -0.39 is 0 Å². The zero-order valence-electron chi connectivity index (χ0n) is 16.3. The molecule has 2 atom stereocenters. The van der Waals surface area contributed by atoms with Gasteiger partial charge in [-0.25, -0.2) is 4.98 Å². The molecule has 0 spiro atoms. The fraction of sp³-hybridized carbons (Fsp3) is 0.455. The number of pyridine rings is 1. The Morgan fingerprint density at radius 2 is 2.00 bits per heavy atom. The first-order valence-electron chi connectivity index (χ1n) is 9.74. The minimum absolute atomic E-state index is 0.151. The molecule has 2 unspecified atom stereocenters. The Bertz CT molecular complexity index is 708. The number of amides is 1. The molecule has 5 nitrogen and oxygen atoms in total. The molecule has 0 bridgehead atoms. The van der Waals surface area contributed by atoms with Gasteiger partial charge in [0.1, 0.15) is 0 Å². The van der Waals surface area contributed by atoms with E-state index in [2.05, 4.69) is 47.1 Å². The fourth-order valence-electron chi connectivity index (χ4n) is 3.63. The lowest BCUT2D eigenvalue weighted by molar-refractivity contribution is -0.125. The van der Waals surface area contributed by atoms with Crippen LogP contribution in [0.1, 0.15) is 25.8 Å². The summed E-state index contributed by atoms with van der Waals surface area (Å²) >= 11 is 0. The van der Waals surface area contributed by atoms with Crippen LogP contribution >= 0.6 is 0 Å². The smallest absolute Gasteiger partial charge is 0.249 e. The maximum absolute atomic E-state index is 11.9. The predicted molar refractivity (Wildman–Crippen MR) is 107 cm³/mol. The van der Waals surface area contributed by atoms with Gasteiger partial charge in [0.05, 0.1) is 6.61 Å². The number of nitrogens with zero attached hydrogens (tertiary/aromatic N) is 3. The first-order chi connectivity index (χ1) is 13.1. The van der Waals surface area contributed by atoms with Gasteiger partial charge < -0.3 is 4.90 Å². The van der Waals surface area contributed by atoms with Crippen LogP contribution in [-0.2, 0) is 16.1 Å². The Labute approximate surface area is 161 Å². The Balaban J connectivity index is 1.47. The van der Waals surface area contributed by atoms with Crippen molar-refractivity contribution in [3.63, 3.8) is 0 Å². The molecule has 1 aromatic carbocycles. The van der Waals surface area contributed by atoms with Crippen LogP contribution in [0.15, 0.2) is 54.7 Å². The number of rotatable bonds is 7. The van der Waals surface area contributed by atoms with Crippen molar-refractivity contribution in [2.75, 3.05) is 31.3 Å². The van der Waals surface area contributed by atoms with Crippen LogP contribution in [0, 0.1) is 11.8 Å². The molecule has 0 saturated carbocycles. The number of hydrogen-bond acceptors (Lipinski definition) is 4. The first-order valence-corrected chi connectivity index (χ1v) is 9.74. The Morgan fingerprint density at radius 1 is 1.22 bits per heavy atom. The van der Waals surface area contributed by atoms with Crippen molar-refractivity contribution in [2.24, 2.45) is 11.8 Å². The zero-order valence-corrected chi connectivity index (χ0v) is 16.3. The van der Waals surface area contributed by atoms with Gasteiger partial charge in [-0.1, -0.05) is 43.3 Å². The lowest BCUT2D eigenvalue weighted by atomic mass is 9.87. The molecule has 2 aromatic rings. The maximum Gasteiger partial charge on any atom is 0.249 e. The third kappa shape index (κ3) is 5.62. The van der Waals surface area contributed by atoms with Gasteiger partial charge in [-0.05, 0) is 48.9 Å². The highest BCUT2D eigenvalue weighted by Gasteiger charge is 2.27. The summed E-state index contributed by atoms with van der Waals surface area (Å²) in [6, 6.07) is 16.1. The highest BCUT2D eigenvalue weighted by Crippen LogP contribution is 2.25.